The van der Waals surface area contributed by atoms with Crippen LogP contribution in [0.5, 0.6) is 0 Å². The van der Waals surface area contributed by atoms with Crippen LogP contribution >= 0.6 is 15.9 Å². The first kappa shape index (κ1) is 18.8. The Morgan fingerprint density at radius 1 is 0.893 bits per heavy atom. The molecule has 142 valence electrons. The predicted octanol–water partition coefficient (Wildman–Crippen LogP) is 5.54. The van der Waals surface area contributed by atoms with E-state index in [1.165, 1.54) is 5.56 Å². The number of hydrogen-bond donors (Lipinski definition) is 0. The average molecular weight is 436 g/mol. The standard InChI is InChI=1S/C23H22BrN3O/c24-20-8-9-21-22(15-20)27(14-4-7-18-5-2-1-3-6-18)23(26-21)17-28-16-19-10-12-25-13-11-19/h1-3,5-6,8-13,15H,4,7,14,16-17H2. The lowest BCUT2D eigenvalue weighted by atomic mass is 10.1. The van der Waals surface area contributed by atoms with Crippen LogP contribution in [0.15, 0.2) is 77.5 Å². The Bertz CT molecular complexity index is 1030. The van der Waals surface area contributed by atoms with E-state index in [2.05, 4.69) is 67.9 Å². The number of aromatic nitrogens is 3. The smallest absolute Gasteiger partial charge is 0.136 e. The van der Waals surface area contributed by atoms with E-state index in [-0.39, 0.29) is 0 Å². The Labute approximate surface area is 173 Å². The van der Waals surface area contributed by atoms with Crippen molar-refractivity contribution in [1.29, 1.82) is 0 Å². The van der Waals surface area contributed by atoms with Crippen molar-refractivity contribution in [1.82, 2.24) is 14.5 Å². The Morgan fingerprint density at radius 2 is 1.71 bits per heavy atom. The number of fused-ring (bicyclic) bond motifs is 1. The summed E-state index contributed by atoms with van der Waals surface area (Å²) in [5, 5.41) is 0. The largest absolute Gasteiger partial charge is 0.369 e. The van der Waals surface area contributed by atoms with Crippen LogP contribution in [-0.4, -0.2) is 14.5 Å². The maximum absolute atomic E-state index is 5.95. The lowest BCUT2D eigenvalue weighted by Gasteiger charge is -2.10. The highest BCUT2D eigenvalue weighted by molar-refractivity contribution is 9.10. The van der Waals surface area contributed by atoms with Gasteiger partial charge in [0, 0.05) is 23.4 Å². The fourth-order valence-corrected chi connectivity index (χ4v) is 3.68. The van der Waals surface area contributed by atoms with Gasteiger partial charge in [0.05, 0.1) is 17.6 Å². The van der Waals surface area contributed by atoms with E-state index in [1.54, 1.807) is 12.4 Å². The lowest BCUT2D eigenvalue weighted by molar-refractivity contribution is 0.0995. The van der Waals surface area contributed by atoms with E-state index in [0.29, 0.717) is 13.2 Å². The van der Waals surface area contributed by atoms with Crippen LogP contribution in [0.2, 0.25) is 0 Å². The Hall–Kier alpha value is -2.50. The molecule has 0 fully saturated rings. The molecule has 0 N–H and O–H groups in total. The van der Waals surface area contributed by atoms with Crippen LogP contribution in [0.25, 0.3) is 11.0 Å². The molecule has 0 amide bonds. The summed E-state index contributed by atoms with van der Waals surface area (Å²) in [6.07, 6.45) is 5.68. The van der Waals surface area contributed by atoms with Gasteiger partial charge in [0.25, 0.3) is 0 Å². The van der Waals surface area contributed by atoms with Crippen molar-refractivity contribution in [2.24, 2.45) is 0 Å². The molecular weight excluding hydrogens is 414 g/mol. The molecule has 0 radical (unpaired) electrons. The molecule has 0 aliphatic carbocycles. The van der Waals surface area contributed by atoms with Crippen molar-refractivity contribution in [2.45, 2.75) is 32.6 Å². The molecule has 0 aliphatic rings. The zero-order valence-corrected chi connectivity index (χ0v) is 17.2. The summed E-state index contributed by atoms with van der Waals surface area (Å²) in [4.78, 5) is 8.86. The molecule has 4 rings (SSSR count). The molecule has 5 heteroatoms. The van der Waals surface area contributed by atoms with Crippen LogP contribution in [0.1, 0.15) is 23.4 Å². The summed E-state index contributed by atoms with van der Waals surface area (Å²) >= 11 is 3.59. The number of nitrogens with zero attached hydrogens (tertiary/aromatic N) is 3. The summed E-state index contributed by atoms with van der Waals surface area (Å²) in [5.74, 6) is 0.968. The van der Waals surface area contributed by atoms with Gasteiger partial charge in [-0.05, 0) is 54.3 Å². The first-order chi connectivity index (χ1) is 13.8. The van der Waals surface area contributed by atoms with Gasteiger partial charge in [0.2, 0.25) is 0 Å². The Morgan fingerprint density at radius 3 is 2.54 bits per heavy atom. The van der Waals surface area contributed by atoms with E-state index < -0.39 is 0 Å². The van der Waals surface area contributed by atoms with Crippen LogP contribution in [0.3, 0.4) is 0 Å². The van der Waals surface area contributed by atoms with Gasteiger partial charge in [0.1, 0.15) is 12.4 Å². The van der Waals surface area contributed by atoms with E-state index in [9.17, 15) is 0 Å². The zero-order chi connectivity index (χ0) is 19.2. The molecule has 0 saturated carbocycles. The zero-order valence-electron chi connectivity index (χ0n) is 15.6. The second kappa shape index (κ2) is 9.13. The highest BCUT2D eigenvalue weighted by Crippen LogP contribution is 2.22. The molecule has 2 aromatic carbocycles. The van der Waals surface area contributed by atoms with Crippen molar-refractivity contribution in [2.75, 3.05) is 0 Å². The normalized spacial score (nSPS) is 11.2. The van der Waals surface area contributed by atoms with Gasteiger partial charge >= 0.3 is 0 Å². The van der Waals surface area contributed by atoms with E-state index in [0.717, 1.165) is 46.3 Å². The van der Waals surface area contributed by atoms with Crippen LogP contribution in [0, 0.1) is 0 Å². The van der Waals surface area contributed by atoms with E-state index in [4.69, 9.17) is 9.72 Å². The van der Waals surface area contributed by atoms with Gasteiger partial charge in [-0.3, -0.25) is 4.98 Å². The fraction of sp³-hybridized carbons (Fsp3) is 0.217. The molecule has 2 heterocycles. The molecule has 0 aliphatic heterocycles. The van der Waals surface area contributed by atoms with Crippen LogP contribution in [0.4, 0.5) is 0 Å². The molecule has 4 aromatic rings. The lowest BCUT2D eigenvalue weighted by Crippen LogP contribution is -2.07. The van der Waals surface area contributed by atoms with Gasteiger partial charge in [-0.1, -0.05) is 46.3 Å². The van der Waals surface area contributed by atoms with Crippen LogP contribution < -0.4 is 0 Å². The van der Waals surface area contributed by atoms with Crippen molar-refractivity contribution in [3.05, 3.63) is 94.5 Å². The number of rotatable bonds is 8. The van der Waals surface area contributed by atoms with Gasteiger partial charge in [-0.2, -0.15) is 0 Å². The Kier molecular flexibility index (Phi) is 6.14. The summed E-state index contributed by atoms with van der Waals surface area (Å²) < 4.78 is 9.30. The molecule has 0 spiro atoms. The highest BCUT2D eigenvalue weighted by atomic mass is 79.9. The molecule has 2 aromatic heterocycles. The number of pyridine rings is 1. The SMILES string of the molecule is Brc1ccc2nc(COCc3ccncc3)n(CCCc3ccccc3)c2c1. The number of ether oxygens (including phenoxy) is 1. The highest BCUT2D eigenvalue weighted by Gasteiger charge is 2.11. The summed E-state index contributed by atoms with van der Waals surface area (Å²) in [6.45, 7) is 1.95. The molecular formula is C23H22BrN3O. The number of halogens is 1. The molecule has 28 heavy (non-hydrogen) atoms. The third kappa shape index (κ3) is 4.66. The topological polar surface area (TPSA) is 39.9 Å². The quantitative estimate of drug-likeness (QED) is 0.364. The molecule has 0 bridgehead atoms. The molecule has 0 unspecified atom stereocenters. The van der Waals surface area contributed by atoms with Crippen molar-refractivity contribution >= 4 is 27.0 Å². The molecule has 0 saturated heterocycles. The fourth-order valence-electron chi connectivity index (χ4n) is 3.33. The monoisotopic (exact) mass is 435 g/mol. The maximum Gasteiger partial charge on any atom is 0.136 e. The van der Waals surface area contributed by atoms with Gasteiger partial charge in [-0.25, -0.2) is 4.98 Å². The second-order valence-corrected chi connectivity index (χ2v) is 7.67. The summed E-state index contributed by atoms with van der Waals surface area (Å²) in [6, 6.07) is 20.8. The van der Waals surface area contributed by atoms with E-state index >= 15 is 0 Å². The third-order valence-corrected chi connectivity index (χ3v) is 5.22. The first-order valence-electron chi connectivity index (χ1n) is 9.45. The summed E-state index contributed by atoms with van der Waals surface area (Å²) in [7, 11) is 0. The van der Waals surface area contributed by atoms with Gasteiger partial charge in [0.15, 0.2) is 0 Å². The first-order valence-corrected chi connectivity index (χ1v) is 10.2. The van der Waals surface area contributed by atoms with Crippen molar-refractivity contribution in [3.63, 3.8) is 0 Å². The third-order valence-electron chi connectivity index (χ3n) is 4.73. The Balaban J connectivity index is 1.49. The predicted molar refractivity (Wildman–Crippen MR) is 115 cm³/mol. The minimum atomic E-state index is 0.486. The molecule has 4 nitrogen and oxygen atoms in total. The van der Waals surface area contributed by atoms with Crippen molar-refractivity contribution in [3.8, 4) is 0 Å². The van der Waals surface area contributed by atoms with Crippen molar-refractivity contribution < 1.29 is 4.74 Å². The minimum Gasteiger partial charge on any atom is -0.369 e. The number of imidazole rings is 1. The number of aryl methyl sites for hydroxylation is 2. The van der Waals surface area contributed by atoms with Crippen LogP contribution in [-0.2, 0) is 30.9 Å². The maximum atomic E-state index is 5.95. The minimum absolute atomic E-state index is 0.486. The molecule has 0 atom stereocenters. The number of benzene rings is 2. The second-order valence-electron chi connectivity index (χ2n) is 6.75. The average Bonchev–Trinajstić information content (AvgIpc) is 3.06. The number of hydrogen-bond acceptors (Lipinski definition) is 3. The van der Waals surface area contributed by atoms with E-state index in [1.807, 2.05) is 18.2 Å². The van der Waals surface area contributed by atoms with Gasteiger partial charge in [-0.15, -0.1) is 0 Å². The summed E-state index contributed by atoms with van der Waals surface area (Å²) in [5.41, 5.74) is 4.63. The van der Waals surface area contributed by atoms with Gasteiger partial charge < -0.3 is 9.30 Å².